The van der Waals surface area contributed by atoms with Gasteiger partial charge in [-0.05, 0) is 17.7 Å². The number of pyridine rings is 1. The van der Waals surface area contributed by atoms with Crippen molar-refractivity contribution in [2.75, 3.05) is 12.0 Å². The average Bonchev–Trinajstić information content (AvgIpc) is 2.79. The number of aliphatic imine (C=N–C) groups is 1. The fourth-order valence-electron chi connectivity index (χ4n) is 2.89. The number of anilines is 1. The number of aromatic nitrogens is 1. The van der Waals surface area contributed by atoms with Gasteiger partial charge in [-0.3, -0.25) is 4.98 Å². The first kappa shape index (κ1) is 16.0. The Morgan fingerprint density at radius 1 is 1.40 bits per heavy atom. The molecular formula is C16H14BClN4O3. The quantitative estimate of drug-likeness (QED) is 0.708. The molecule has 3 heterocycles. The van der Waals surface area contributed by atoms with E-state index >= 15 is 0 Å². The van der Waals surface area contributed by atoms with Crippen molar-refractivity contribution < 1.29 is 14.8 Å². The van der Waals surface area contributed by atoms with Crippen molar-refractivity contribution in [3.63, 3.8) is 0 Å². The van der Waals surface area contributed by atoms with E-state index in [0.717, 1.165) is 5.56 Å². The van der Waals surface area contributed by atoms with Gasteiger partial charge in [0.15, 0.2) is 0 Å². The number of nitrogens with one attached hydrogen (secondary N) is 1. The second kappa shape index (κ2) is 6.40. The predicted octanol–water partition coefficient (Wildman–Crippen LogP) is 0.910. The van der Waals surface area contributed by atoms with Crippen LogP contribution in [0.2, 0.25) is 5.02 Å². The summed E-state index contributed by atoms with van der Waals surface area (Å²) in [5.74, 6) is 1.15. The van der Waals surface area contributed by atoms with Crippen LogP contribution >= 0.6 is 11.6 Å². The molecule has 0 fully saturated rings. The Balaban J connectivity index is 1.80. The first-order valence-electron chi connectivity index (χ1n) is 7.65. The molecule has 2 aliphatic heterocycles. The molecule has 1 aromatic heterocycles. The van der Waals surface area contributed by atoms with Crippen molar-refractivity contribution in [2.45, 2.75) is 6.54 Å². The fourth-order valence-corrected chi connectivity index (χ4v) is 3.21. The second-order valence-electron chi connectivity index (χ2n) is 5.61. The maximum absolute atomic E-state index is 9.55. The van der Waals surface area contributed by atoms with Gasteiger partial charge in [-0.15, -0.1) is 0 Å². The van der Waals surface area contributed by atoms with E-state index in [1.165, 1.54) is 12.3 Å². The van der Waals surface area contributed by atoms with Gasteiger partial charge < -0.3 is 25.0 Å². The van der Waals surface area contributed by atoms with Gasteiger partial charge in [0.2, 0.25) is 0 Å². The Hall–Kier alpha value is -2.55. The molecule has 0 radical (unpaired) electrons. The van der Waals surface area contributed by atoms with E-state index in [2.05, 4.69) is 15.3 Å². The van der Waals surface area contributed by atoms with Crippen LogP contribution in [0.3, 0.4) is 0 Å². The monoisotopic (exact) mass is 356 g/mol. The van der Waals surface area contributed by atoms with Crippen LogP contribution in [-0.2, 0) is 6.54 Å². The SMILES string of the molecule is OB(O)c1cc2c3c(c1Cl)NCN=C3N(Cc1cccnc1)C=CO2. The van der Waals surface area contributed by atoms with E-state index in [1.54, 1.807) is 18.6 Å². The molecule has 3 N–H and O–H groups in total. The second-order valence-corrected chi connectivity index (χ2v) is 5.99. The zero-order valence-corrected chi connectivity index (χ0v) is 13.8. The lowest BCUT2D eigenvalue weighted by atomic mass is 9.79. The van der Waals surface area contributed by atoms with Gasteiger partial charge in [0.25, 0.3) is 0 Å². The third-order valence-corrected chi connectivity index (χ3v) is 4.43. The van der Waals surface area contributed by atoms with Gasteiger partial charge in [-0.1, -0.05) is 17.7 Å². The number of nitrogens with zero attached hydrogens (tertiary/aromatic N) is 3. The summed E-state index contributed by atoms with van der Waals surface area (Å²) in [6.07, 6.45) is 6.83. The summed E-state index contributed by atoms with van der Waals surface area (Å²) in [5, 5.41) is 22.4. The molecule has 0 atom stereocenters. The Morgan fingerprint density at radius 3 is 3.04 bits per heavy atom. The highest BCUT2D eigenvalue weighted by Gasteiger charge is 2.31. The summed E-state index contributed by atoms with van der Waals surface area (Å²) in [5.41, 5.74) is 2.46. The normalized spacial score (nSPS) is 14.8. The molecule has 126 valence electrons. The molecular weight excluding hydrogens is 342 g/mol. The van der Waals surface area contributed by atoms with Gasteiger partial charge in [-0.25, -0.2) is 4.99 Å². The molecule has 2 aliphatic rings. The number of rotatable bonds is 3. The van der Waals surface area contributed by atoms with Crippen LogP contribution in [0.4, 0.5) is 5.69 Å². The van der Waals surface area contributed by atoms with Crippen LogP contribution < -0.4 is 15.5 Å². The van der Waals surface area contributed by atoms with Crippen LogP contribution in [0, 0.1) is 0 Å². The number of hydrogen-bond acceptors (Lipinski definition) is 7. The van der Waals surface area contributed by atoms with E-state index < -0.39 is 7.12 Å². The highest BCUT2D eigenvalue weighted by molar-refractivity contribution is 6.63. The maximum Gasteiger partial charge on any atom is 0.490 e. The number of ether oxygens (including phenoxy) is 1. The highest BCUT2D eigenvalue weighted by Crippen LogP contribution is 2.37. The van der Waals surface area contributed by atoms with Gasteiger partial charge in [0.05, 0.1) is 22.8 Å². The van der Waals surface area contributed by atoms with E-state index in [1.807, 2.05) is 17.0 Å². The lowest BCUT2D eigenvalue weighted by molar-refractivity contribution is 0.425. The summed E-state index contributed by atoms with van der Waals surface area (Å²) in [4.78, 5) is 10.6. The average molecular weight is 357 g/mol. The predicted molar refractivity (Wildman–Crippen MR) is 95.9 cm³/mol. The molecule has 0 bridgehead atoms. The summed E-state index contributed by atoms with van der Waals surface area (Å²) in [6, 6.07) is 5.38. The van der Waals surface area contributed by atoms with E-state index in [9.17, 15) is 10.0 Å². The van der Waals surface area contributed by atoms with Crippen molar-refractivity contribution >= 4 is 35.7 Å². The van der Waals surface area contributed by atoms with Gasteiger partial charge in [0, 0.05) is 24.1 Å². The molecule has 0 saturated carbocycles. The minimum Gasteiger partial charge on any atom is -0.463 e. The topological polar surface area (TPSA) is 90.2 Å². The molecule has 0 amide bonds. The first-order chi connectivity index (χ1) is 12.1. The third-order valence-electron chi connectivity index (χ3n) is 4.03. The zero-order valence-electron chi connectivity index (χ0n) is 13.1. The van der Waals surface area contributed by atoms with Crippen LogP contribution in [0.25, 0.3) is 0 Å². The minimum atomic E-state index is -1.69. The molecule has 1 aromatic carbocycles. The summed E-state index contributed by atoms with van der Waals surface area (Å²) in [6.45, 7) is 0.886. The Bertz CT molecular complexity index is 873. The van der Waals surface area contributed by atoms with Gasteiger partial charge in [0.1, 0.15) is 24.5 Å². The zero-order chi connectivity index (χ0) is 17.4. The lowest BCUT2D eigenvalue weighted by Crippen LogP contribution is -2.35. The minimum absolute atomic E-state index is 0.179. The van der Waals surface area contributed by atoms with Crippen molar-refractivity contribution in [3.05, 3.63) is 59.2 Å². The first-order valence-corrected chi connectivity index (χ1v) is 8.03. The van der Waals surface area contributed by atoms with E-state index in [-0.39, 0.29) is 10.5 Å². The van der Waals surface area contributed by atoms with Gasteiger partial charge >= 0.3 is 7.12 Å². The number of hydrogen-bond donors (Lipinski definition) is 3. The van der Waals surface area contributed by atoms with Crippen LogP contribution in [-0.4, -0.2) is 39.6 Å². The van der Waals surface area contributed by atoms with Crippen molar-refractivity contribution in [3.8, 4) is 5.75 Å². The van der Waals surface area contributed by atoms with E-state index in [0.29, 0.717) is 36.0 Å². The van der Waals surface area contributed by atoms with Gasteiger partial charge in [-0.2, -0.15) is 0 Å². The van der Waals surface area contributed by atoms with Crippen molar-refractivity contribution in [1.82, 2.24) is 9.88 Å². The van der Waals surface area contributed by atoms with E-state index in [4.69, 9.17) is 16.3 Å². The number of benzene rings is 1. The molecule has 0 spiro atoms. The van der Waals surface area contributed by atoms with Crippen LogP contribution in [0.15, 0.2) is 48.0 Å². The maximum atomic E-state index is 9.55. The number of halogens is 1. The molecule has 0 aliphatic carbocycles. The Labute approximate surface area is 149 Å². The third kappa shape index (κ3) is 2.84. The standard InChI is InChI=1S/C16H14BClN4O3/c18-14-11(17(23)24)6-12-13-15(14)20-9-21-16(13)22(4-5-25-12)8-10-2-1-3-19-7-10/h1-7,20,23-24H,8-9H2. The summed E-state index contributed by atoms with van der Waals surface area (Å²) in [7, 11) is -1.69. The van der Waals surface area contributed by atoms with Crippen LogP contribution in [0.5, 0.6) is 5.75 Å². The molecule has 9 heteroatoms. The largest absolute Gasteiger partial charge is 0.490 e. The fraction of sp³-hybridized carbons (Fsp3) is 0.125. The Kier molecular flexibility index (Phi) is 4.08. The van der Waals surface area contributed by atoms with Crippen molar-refractivity contribution in [1.29, 1.82) is 0 Å². The molecule has 0 saturated heterocycles. The highest BCUT2D eigenvalue weighted by atomic mass is 35.5. The Morgan fingerprint density at radius 2 is 2.28 bits per heavy atom. The van der Waals surface area contributed by atoms with Crippen molar-refractivity contribution in [2.24, 2.45) is 4.99 Å². The number of amidine groups is 1. The molecule has 0 unspecified atom stereocenters. The summed E-state index contributed by atoms with van der Waals surface area (Å²) < 4.78 is 5.67. The molecule has 25 heavy (non-hydrogen) atoms. The molecule has 2 aromatic rings. The van der Waals surface area contributed by atoms with Crippen LogP contribution in [0.1, 0.15) is 11.1 Å². The molecule has 4 rings (SSSR count). The summed E-state index contributed by atoms with van der Waals surface area (Å²) >= 11 is 6.36. The lowest BCUT2D eigenvalue weighted by Gasteiger charge is -2.27. The smallest absolute Gasteiger partial charge is 0.463 e. The molecule has 7 nitrogen and oxygen atoms in total.